The zero-order valence-electron chi connectivity index (χ0n) is 13.2. The van der Waals surface area contributed by atoms with E-state index in [9.17, 15) is 5.11 Å². The number of aromatic hydroxyl groups is 1. The van der Waals surface area contributed by atoms with Crippen LogP contribution in [0.1, 0.15) is 66.0 Å². The van der Waals surface area contributed by atoms with Gasteiger partial charge >= 0.3 is 0 Å². The standard InChI is InChI=1S/C15H24O.C2H6/c1-6-12-8-9-13(16)10-14(12)15(5,7-2)11(3)4;1-2/h8-11,16H,6-7H2,1-5H3;1-2H3. The normalized spacial score (nSPS) is 13.8. The number of hydrogen-bond acceptors (Lipinski definition) is 1. The van der Waals surface area contributed by atoms with Crippen LogP contribution in [0, 0.1) is 5.92 Å². The van der Waals surface area contributed by atoms with Gasteiger partial charge in [0.1, 0.15) is 5.75 Å². The van der Waals surface area contributed by atoms with Gasteiger partial charge in [0.2, 0.25) is 0 Å². The highest BCUT2D eigenvalue weighted by Crippen LogP contribution is 2.38. The van der Waals surface area contributed by atoms with Crippen LogP contribution in [0.5, 0.6) is 5.75 Å². The lowest BCUT2D eigenvalue weighted by molar-refractivity contribution is 0.322. The maximum Gasteiger partial charge on any atom is 0.115 e. The van der Waals surface area contributed by atoms with Crippen LogP contribution < -0.4 is 0 Å². The van der Waals surface area contributed by atoms with Crippen molar-refractivity contribution in [3.63, 3.8) is 0 Å². The molecule has 1 unspecified atom stereocenters. The summed E-state index contributed by atoms with van der Waals surface area (Å²) in [5, 5.41) is 9.67. The van der Waals surface area contributed by atoms with Crippen molar-refractivity contribution in [2.75, 3.05) is 0 Å². The molecule has 18 heavy (non-hydrogen) atoms. The van der Waals surface area contributed by atoms with Crippen molar-refractivity contribution in [2.45, 2.75) is 66.7 Å². The monoisotopic (exact) mass is 250 g/mol. The van der Waals surface area contributed by atoms with Gasteiger partial charge in [-0.2, -0.15) is 0 Å². The van der Waals surface area contributed by atoms with E-state index in [2.05, 4.69) is 40.7 Å². The lowest BCUT2D eigenvalue weighted by Crippen LogP contribution is -2.29. The second-order valence-corrected chi connectivity index (χ2v) is 5.12. The largest absolute Gasteiger partial charge is 0.508 e. The van der Waals surface area contributed by atoms with Crippen molar-refractivity contribution in [1.29, 1.82) is 0 Å². The summed E-state index contributed by atoms with van der Waals surface area (Å²) in [5.41, 5.74) is 2.83. The highest BCUT2D eigenvalue weighted by atomic mass is 16.3. The van der Waals surface area contributed by atoms with Crippen molar-refractivity contribution in [3.8, 4) is 5.75 Å². The molecule has 1 N–H and O–H groups in total. The topological polar surface area (TPSA) is 20.2 Å². The molecule has 0 amide bonds. The maximum absolute atomic E-state index is 9.67. The first-order valence-electron chi connectivity index (χ1n) is 7.28. The second-order valence-electron chi connectivity index (χ2n) is 5.12. The molecule has 1 aromatic rings. The van der Waals surface area contributed by atoms with Crippen LogP contribution in [-0.2, 0) is 11.8 Å². The molecular formula is C17H30O. The Hall–Kier alpha value is -0.980. The van der Waals surface area contributed by atoms with Crippen LogP contribution in [0.25, 0.3) is 0 Å². The first kappa shape index (κ1) is 17.0. The number of phenols is 1. The van der Waals surface area contributed by atoms with E-state index in [0.29, 0.717) is 11.7 Å². The predicted molar refractivity (Wildman–Crippen MR) is 81.3 cm³/mol. The summed E-state index contributed by atoms with van der Waals surface area (Å²) < 4.78 is 0. The lowest BCUT2D eigenvalue weighted by atomic mass is 9.69. The van der Waals surface area contributed by atoms with Crippen LogP contribution in [0.4, 0.5) is 0 Å². The molecule has 0 fully saturated rings. The quantitative estimate of drug-likeness (QED) is 0.768. The molecule has 0 aliphatic rings. The van der Waals surface area contributed by atoms with Gasteiger partial charge in [0.15, 0.2) is 0 Å². The Morgan fingerprint density at radius 1 is 1.17 bits per heavy atom. The molecule has 0 saturated heterocycles. The fourth-order valence-corrected chi connectivity index (χ4v) is 2.31. The van der Waals surface area contributed by atoms with Crippen molar-refractivity contribution in [1.82, 2.24) is 0 Å². The molecule has 0 saturated carbocycles. The fraction of sp³-hybridized carbons (Fsp3) is 0.647. The van der Waals surface area contributed by atoms with Crippen LogP contribution >= 0.6 is 0 Å². The SMILES string of the molecule is CC.CCc1ccc(O)cc1C(C)(CC)C(C)C. The zero-order chi connectivity index (χ0) is 14.3. The van der Waals surface area contributed by atoms with Gasteiger partial charge in [-0.1, -0.05) is 54.5 Å². The van der Waals surface area contributed by atoms with Crippen LogP contribution in [-0.4, -0.2) is 5.11 Å². The molecule has 0 spiro atoms. The molecule has 1 aromatic carbocycles. The summed E-state index contributed by atoms with van der Waals surface area (Å²) in [6.45, 7) is 15.2. The van der Waals surface area contributed by atoms with E-state index in [-0.39, 0.29) is 5.41 Å². The zero-order valence-corrected chi connectivity index (χ0v) is 13.2. The molecule has 104 valence electrons. The van der Waals surface area contributed by atoms with Crippen LogP contribution in [0.3, 0.4) is 0 Å². The van der Waals surface area contributed by atoms with E-state index >= 15 is 0 Å². The van der Waals surface area contributed by atoms with Gasteiger partial charge < -0.3 is 5.11 Å². The van der Waals surface area contributed by atoms with E-state index < -0.39 is 0 Å². The molecule has 0 aromatic heterocycles. The maximum atomic E-state index is 9.67. The van der Waals surface area contributed by atoms with Crippen molar-refractivity contribution >= 4 is 0 Å². The molecular weight excluding hydrogens is 220 g/mol. The molecule has 0 radical (unpaired) electrons. The van der Waals surface area contributed by atoms with Gasteiger partial charge in [-0.3, -0.25) is 0 Å². The Morgan fingerprint density at radius 3 is 2.11 bits per heavy atom. The van der Waals surface area contributed by atoms with Crippen molar-refractivity contribution in [3.05, 3.63) is 29.3 Å². The third kappa shape index (κ3) is 3.51. The second kappa shape index (κ2) is 7.45. The Bertz CT molecular complexity index is 355. The smallest absolute Gasteiger partial charge is 0.115 e. The Labute approximate surface area is 113 Å². The summed E-state index contributed by atoms with van der Waals surface area (Å²) in [7, 11) is 0. The van der Waals surface area contributed by atoms with Gasteiger partial charge in [0.05, 0.1) is 0 Å². The third-order valence-electron chi connectivity index (χ3n) is 4.10. The minimum Gasteiger partial charge on any atom is -0.508 e. The molecule has 1 atom stereocenters. The van der Waals surface area contributed by atoms with Gasteiger partial charge in [-0.05, 0) is 47.4 Å². The molecule has 1 heteroatoms. The van der Waals surface area contributed by atoms with E-state index in [0.717, 1.165) is 12.8 Å². The summed E-state index contributed by atoms with van der Waals surface area (Å²) in [4.78, 5) is 0. The van der Waals surface area contributed by atoms with E-state index in [1.165, 1.54) is 11.1 Å². The summed E-state index contributed by atoms with van der Waals surface area (Å²) in [6, 6.07) is 5.79. The molecule has 0 heterocycles. The summed E-state index contributed by atoms with van der Waals surface area (Å²) in [6.07, 6.45) is 2.12. The van der Waals surface area contributed by atoms with E-state index in [1.54, 1.807) is 6.07 Å². The van der Waals surface area contributed by atoms with Crippen LogP contribution in [0.2, 0.25) is 0 Å². The van der Waals surface area contributed by atoms with Gasteiger partial charge in [-0.15, -0.1) is 0 Å². The molecule has 0 bridgehead atoms. The highest BCUT2D eigenvalue weighted by molar-refractivity contribution is 5.40. The number of phenolic OH excluding ortho intramolecular Hbond substituents is 1. The van der Waals surface area contributed by atoms with Gasteiger partial charge in [-0.25, -0.2) is 0 Å². The van der Waals surface area contributed by atoms with Gasteiger partial charge in [0, 0.05) is 0 Å². The fourth-order valence-electron chi connectivity index (χ4n) is 2.31. The van der Waals surface area contributed by atoms with E-state index in [1.807, 2.05) is 19.9 Å². The van der Waals surface area contributed by atoms with Crippen LogP contribution in [0.15, 0.2) is 18.2 Å². The molecule has 0 aliphatic heterocycles. The molecule has 0 aliphatic carbocycles. The Morgan fingerprint density at radius 2 is 1.72 bits per heavy atom. The minimum absolute atomic E-state index is 0.157. The lowest BCUT2D eigenvalue weighted by Gasteiger charge is -2.35. The predicted octanol–water partition coefficient (Wildman–Crippen LogP) is 5.30. The first-order chi connectivity index (χ1) is 8.45. The van der Waals surface area contributed by atoms with Crippen molar-refractivity contribution in [2.24, 2.45) is 5.92 Å². The first-order valence-corrected chi connectivity index (χ1v) is 7.28. The Balaban J connectivity index is 0.00000137. The number of rotatable bonds is 4. The van der Waals surface area contributed by atoms with Gasteiger partial charge in [0.25, 0.3) is 0 Å². The minimum atomic E-state index is 0.157. The number of aryl methyl sites for hydroxylation is 1. The molecule has 1 nitrogen and oxygen atoms in total. The summed E-state index contributed by atoms with van der Waals surface area (Å²) >= 11 is 0. The third-order valence-corrected chi connectivity index (χ3v) is 4.10. The number of benzene rings is 1. The summed E-state index contributed by atoms with van der Waals surface area (Å²) in [5.74, 6) is 0.956. The van der Waals surface area contributed by atoms with E-state index in [4.69, 9.17) is 0 Å². The Kier molecular flexibility index (Phi) is 7.05. The highest BCUT2D eigenvalue weighted by Gasteiger charge is 2.30. The average molecular weight is 250 g/mol. The average Bonchev–Trinajstić information content (AvgIpc) is 2.39. The molecule has 1 rings (SSSR count). The van der Waals surface area contributed by atoms with Crippen molar-refractivity contribution < 1.29 is 5.11 Å². The number of hydrogen-bond donors (Lipinski definition) is 1.